The lowest BCUT2D eigenvalue weighted by atomic mass is 10.2. The number of carbonyl (C=O) groups excluding carboxylic acids is 2. The second-order valence-corrected chi connectivity index (χ2v) is 3.48. The Kier molecular flexibility index (Phi) is 4.28. The van der Waals surface area contributed by atoms with Crippen molar-refractivity contribution in [3.05, 3.63) is 0 Å². The van der Waals surface area contributed by atoms with E-state index in [1.807, 2.05) is 0 Å². The van der Waals surface area contributed by atoms with E-state index in [2.05, 4.69) is 4.99 Å². The quantitative estimate of drug-likeness (QED) is 0.648. The first kappa shape index (κ1) is 12.5. The predicted molar refractivity (Wildman–Crippen MR) is 55.0 cm³/mol. The standard InChI is InChI=1S/C10H15NO5/c1-6-11-9(4-14-6)10(16-8(3)13)5-15-7(2)12/h9-10H,4-5H2,1-3H3/t9?,10-/m1/s1. The number of esters is 2. The highest BCUT2D eigenvalue weighted by atomic mass is 16.6. The van der Waals surface area contributed by atoms with E-state index in [4.69, 9.17) is 14.2 Å². The molecule has 1 rings (SSSR count). The molecule has 0 saturated carbocycles. The average Bonchev–Trinajstić information content (AvgIpc) is 2.58. The Morgan fingerprint density at radius 1 is 1.50 bits per heavy atom. The van der Waals surface area contributed by atoms with E-state index in [9.17, 15) is 9.59 Å². The van der Waals surface area contributed by atoms with Crippen molar-refractivity contribution in [2.75, 3.05) is 13.2 Å². The van der Waals surface area contributed by atoms with Crippen LogP contribution in [0.15, 0.2) is 4.99 Å². The van der Waals surface area contributed by atoms with E-state index < -0.39 is 18.0 Å². The number of hydrogen-bond acceptors (Lipinski definition) is 6. The Labute approximate surface area is 93.6 Å². The molecule has 0 aromatic heterocycles. The van der Waals surface area contributed by atoms with Crippen LogP contribution >= 0.6 is 0 Å². The normalized spacial score (nSPS) is 20.7. The fourth-order valence-electron chi connectivity index (χ4n) is 1.34. The maximum atomic E-state index is 10.9. The maximum absolute atomic E-state index is 10.9. The molecule has 0 N–H and O–H groups in total. The molecule has 1 aliphatic rings. The second-order valence-electron chi connectivity index (χ2n) is 3.48. The number of hydrogen-bond donors (Lipinski definition) is 0. The molecule has 90 valence electrons. The second kappa shape index (κ2) is 5.48. The molecule has 0 aliphatic carbocycles. The zero-order chi connectivity index (χ0) is 12.1. The number of nitrogens with zero attached hydrogens (tertiary/aromatic N) is 1. The lowest BCUT2D eigenvalue weighted by molar-refractivity contribution is -0.157. The molecule has 0 radical (unpaired) electrons. The fourth-order valence-corrected chi connectivity index (χ4v) is 1.34. The molecule has 1 unspecified atom stereocenters. The summed E-state index contributed by atoms with van der Waals surface area (Å²) in [6.45, 7) is 4.65. The van der Waals surface area contributed by atoms with Gasteiger partial charge in [0.05, 0.1) is 0 Å². The van der Waals surface area contributed by atoms with Crippen LogP contribution in [0.5, 0.6) is 0 Å². The summed E-state index contributed by atoms with van der Waals surface area (Å²) in [6.07, 6.45) is -0.584. The molecule has 1 heterocycles. The summed E-state index contributed by atoms with van der Waals surface area (Å²) in [5.41, 5.74) is 0. The van der Waals surface area contributed by atoms with Crippen LogP contribution in [-0.4, -0.2) is 43.2 Å². The monoisotopic (exact) mass is 229 g/mol. The highest BCUT2D eigenvalue weighted by Crippen LogP contribution is 2.12. The molecule has 0 amide bonds. The summed E-state index contributed by atoms with van der Waals surface area (Å²) in [7, 11) is 0. The zero-order valence-electron chi connectivity index (χ0n) is 9.56. The van der Waals surface area contributed by atoms with E-state index in [-0.39, 0.29) is 12.6 Å². The molecule has 0 fully saturated rings. The van der Waals surface area contributed by atoms with Gasteiger partial charge < -0.3 is 14.2 Å². The zero-order valence-corrected chi connectivity index (χ0v) is 9.56. The van der Waals surface area contributed by atoms with Crippen LogP contribution in [0.3, 0.4) is 0 Å². The van der Waals surface area contributed by atoms with Crippen molar-refractivity contribution in [2.24, 2.45) is 4.99 Å². The fraction of sp³-hybridized carbons (Fsp3) is 0.700. The van der Waals surface area contributed by atoms with Crippen LogP contribution in [-0.2, 0) is 23.8 Å². The molecule has 0 spiro atoms. The van der Waals surface area contributed by atoms with E-state index >= 15 is 0 Å². The molecule has 6 nitrogen and oxygen atoms in total. The molecule has 1 aliphatic heterocycles. The highest BCUT2D eigenvalue weighted by Gasteiger charge is 2.29. The van der Waals surface area contributed by atoms with Crippen LogP contribution in [0.2, 0.25) is 0 Å². The lowest BCUT2D eigenvalue weighted by Crippen LogP contribution is -2.35. The van der Waals surface area contributed by atoms with Crippen LogP contribution in [0.4, 0.5) is 0 Å². The van der Waals surface area contributed by atoms with E-state index in [0.29, 0.717) is 12.5 Å². The molecule has 6 heteroatoms. The third kappa shape index (κ3) is 3.88. The number of carbonyl (C=O) groups is 2. The highest BCUT2D eigenvalue weighted by molar-refractivity contribution is 5.75. The van der Waals surface area contributed by atoms with Crippen molar-refractivity contribution in [2.45, 2.75) is 32.9 Å². The van der Waals surface area contributed by atoms with Gasteiger partial charge >= 0.3 is 11.9 Å². The average molecular weight is 229 g/mol. The Hall–Kier alpha value is -1.59. The van der Waals surface area contributed by atoms with Crippen molar-refractivity contribution in [3.8, 4) is 0 Å². The third-order valence-electron chi connectivity index (χ3n) is 2.01. The van der Waals surface area contributed by atoms with E-state index in [1.165, 1.54) is 13.8 Å². The van der Waals surface area contributed by atoms with Crippen LogP contribution in [0.1, 0.15) is 20.8 Å². The first-order chi connectivity index (χ1) is 7.49. The van der Waals surface area contributed by atoms with Gasteiger partial charge in [-0.1, -0.05) is 0 Å². The molecule has 2 atom stereocenters. The number of ether oxygens (including phenoxy) is 3. The van der Waals surface area contributed by atoms with Crippen molar-refractivity contribution in [1.82, 2.24) is 0 Å². The SMILES string of the molecule is CC(=O)OC[C@@H](OC(C)=O)C1COC(C)=N1. The molecular weight excluding hydrogens is 214 g/mol. The molecule has 0 saturated heterocycles. The van der Waals surface area contributed by atoms with Gasteiger partial charge in [-0.2, -0.15) is 0 Å². The summed E-state index contributed by atoms with van der Waals surface area (Å²) < 4.78 is 15.0. The summed E-state index contributed by atoms with van der Waals surface area (Å²) in [4.78, 5) is 25.7. The Bertz CT molecular complexity index is 312. The Morgan fingerprint density at radius 2 is 2.19 bits per heavy atom. The summed E-state index contributed by atoms with van der Waals surface area (Å²) in [6, 6.07) is -0.303. The van der Waals surface area contributed by atoms with Crippen LogP contribution in [0, 0.1) is 0 Å². The van der Waals surface area contributed by atoms with Gasteiger partial charge in [-0.15, -0.1) is 0 Å². The van der Waals surface area contributed by atoms with Gasteiger partial charge in [0.15, 0.2) is 12.0 Å². The summed E-state index contributed by atoms with van der Waals surface area (Å²) in [5.74, 6) is -0.307. The number of rotatable bonds is 4. The molecule has 0 bridgehead atoms. The number of aliphatic imine (C=N–C) groups is 1. The van der Waals surface area contributed by atoms with E-state index in [0.717, 1.165) is 0 Å². The van der Waals surface area contributed by atoms with Gasteiger partial charge in [-0.05, 0) is 0 Å². The Balaban J connectivity index is 2.56. The lowest BCUT2D eigenvalue weighted by Gasteiger charge is -2.19. The molecule has 0 aromatic rings. The summed E-state index contributed by atoms with van der Waals surface area (Å²) in [5, 5.41) is 0. The summed E-state index contributed by atoms with van der Waals surface area (Å²) >= 11 is 0. The van der Waals surface area contributed by atoms with Gasteiger partial charge in [0.1, 0.15) is 19.3 Å². The third-order valence-corrected chi connectivity index (χ3v) is 2.01. The van der Waals surface area contributed by atoms with Crippen LogP contribution < -0.4 is 0 Å². The van der Waals surface area contributed by atoms with Gasteiger partial charge in [-0.3, -0.25) is 9.59 Å². The van der Waals surface area contributed by atoms with Gasteiger partial charge in [0, 0.05) is 20.8 Å². The molecule has 16 heavy (non-hydrogen) atoms. The van der Waals surface area contributed by atoms with Crippen molar-refractivity contribution in [1.29, 1.82) is 0 Å². The molecular formula is C10H15NO5. The first-order valence-electron chi connectivity index (χ1n) is 4.97. The molecule has 0 aromatic carbocycles. The minimum atomic E-state index is -0.584. The topological polar surface area (TPSA) is 74.2 Å². The smallest absolute Gasteiger partial charge is 0.303 e. The van der Waals surface area contributed by atoms with Gasteiger partial charge in [0.2, 0.25) is 0 Å². The minimum absolute atomic E-state index is 0.000278. The minimum Gasteiger partial charge on any atom is -0.479 e. The van der Waals surface area contributed by atoms with E-state index in [1.54, 1.807) is 6.92 Å². The van der Waals surface area contributed by atoms with Gasteiger partial charge in [0.25, 0.3) is 0 Å². The van der Waals surface area contributed by atoms with Crippen molar-refractivity contribution >= 4 is 17.8 Å². The Morgan fingerprint density at radius 3 is 2.62 bits per heavy atom. The predicted octanol–water partition coefficient (Wildman–Crippen LogP) is 0.298. The van der Waals surface area contributed by atoms with Gasteiger partial charge in [-0.25, -0.2) is 4.99 Å². The largest absolute Gasteiger partial charge is 0.479 e. The van der Waals surface area contributed by atoms with Crippen molar-refractivity contribution < 1.29 is 23.8 Å². The van der Waals surface area contributed by atoms with Crippen LogP contribution in [0.25, 0.3) is 0 Å². The first-order valence-corrected chi connectivity index (χ1v) is 4.97. The van der Waals surface area contributed by atoms with Crippen molar-refractivity contribution in [3.63, 3.8) is 0 Å². The maximum Gasteiger partial charge on any atom is 0.303 e.